The first-order valence-electron chi connectivity index (χ1n) is 13.5. The largest absolute Gasteiger partial charge is 0.493 e. The SMILES string of the molecule is COc1cc(Cc2cnc(N)nc2N)cc(C#Cc2ccc3c(c2)NC=C(C(=O)O)C3CC2CCNC(=O)C2)c1OC. The Kier molecular flexibility index (Phi) is 8.15. The van der Waals surface area contributed by atoms with E-state index < -0.39 is 5.97 Å². The minimum absolute atomic E-state index is 0.00767. The number of aliphatic carboxylic acids is 1. The van der Waals surface area contributed by atoms with Gasteiger partial charge in [0.2, 0.25) is 11.9 Å². The predicted octanol–water partition coefficient (Wildman–Crippen LogP) is 3.04. The number of nitrogen functional groups attached to an aromatic ring is 2. The van der Waals surface area contributed by atoms with Crippen molar-refractivity contribution in [2.75, 3.05) is 37.5 Å². The Labute approximate surface area is 243 Å². The second kappa shape index (κ2) is 12.1. The highest BCUT2D eigenvalue weighted by Gasteiger charge is 2.32. The molecule has 2 atom stereocenters. The maximum atomic E-state index is 12.0. The van der Waals surface area contributed by atoms with Gasteiger partial charge >= 0.3 is 5.97 Å². The van der Waals surface area contributed by atoms with Crippen LogP contribution < -0.4 is 31.6 Å². The summed E-state index contributed by atoms with van der Waals surface area (Å²) in [6.07, 6.45) is 5.38. The number of carboxylic acid groups (broad SMARTS) is 1. The Balaban J connectivity index is 1.45. The van der Waals surface area contributed by atoms with Crippen LogP contribution in [0.4, 0.5) is 17.5 Å². The molecule has 0 saturated carbocycles. The number of nitrogens with one attached hydrogen (secondary N) is 2. The molecule has 1 saturated heterocycles. The van der Waals surface area contributed by atoms with Gasteiger partial charge in [-0.2, -0.15) is 4.98 Å². The number of fused-ring (bicyclic) bond motifs is 1. The van der Waals surface area contributed by atoms with Crippen LogP contribution in [0.1, 0.15) is 53.0 Å². The number of methoxy groups -OCH3 is 2. The van der Waals surface area contributed by atoms with Gasteiger partial charge in [-0.15, -0.1) is 0 Å². The summed E-state index contributed by atoms with van der Waals surface area (Å²) in [5.74, 6) is 6.64. The second-order valence-corrected chi connectivity index (χ2v) is 10.3. The molecule has 2 unspecified atom stereocenters. The monoisotopic (exact) mass is 568 g/mol. The number of benzene rings is 2. The summed E-state index contributed by atoms with van der Waals surface area (Å²) in [4.78, 5) is 32.1. The van der Waals surface area contributed by atoms with E-state index in [0.29, 0.717) is 54.3 Å². The van der Waals surface area contributed by atoms with Crippen LogP contribution in [0, 0.1) is 17.8 Å². The number of carbonyl (C=O) groups is 2. The van der Waals surface area contributed by atoms with Gasteiger partial charge in [0.05, 0.1) is 25.4 Å². The maximum Gasteiger partial charge on any atom is 0.333 e. The van der Waals surface area contributed by atoms with E-state index in [-0.39, 0.29) is 29.3 Å². The maximum absolute atomic E-state index is 12.0. The van der Waals surface area contributed by atoms with Crippen LogP contribution in [0.15, 0.2) is 48.3 Å². The van der Waals surface area contributed by atoms with Crippen molar-refractivity contribution in [1.29, 1.82) is 0 Å². The number of anilines is 3. The standard InChI is InChI=1S/C31H32N6O5/c1-41-26-13-19(10-21-15-36-31(33)37-29(21)32)9-20(28(26)42-2)5-3-17-4-6-22-23(11-18-7-8-34-27(38)14-18)24(30(39)40)16-35-25(22)12-17/h4,6,9,12-13,15-16,18,23,35H,7-8,10-11,14H2,1-2H3,(H,34,38)(H,39,40)(H4,32,33,36,37). The first-order valence-corrected chi connectivity index (χ1v) is 13.5. The fourth-order valence-corrected chi connectivity index (χ4v) is 5.48. The number of hydrogen-bond donors (Lipinski definition) is 5. The van der Waals surface area contributed by atoms with E-state index in [0.717, 1.165) is 28.8 Å². The summed E-state index contributed by atoms with van der Waals surface area (Å²) in [7, 11) is 3.11. The van der Waals surface area contributed by atoms with Gasteiger partial charge in [0, 0.05) is 54.5 Å². The van der Waals surface area contributed by atoms with Crippen LogP contribution in [0.25, 0.3) is 0 Å². The Morgan fingerprint density at radius 1 is 1.17 bits per heavy atom. The first kappa shape index (κ1) is 28.3. The lowest BCUT2D eigenvalue weighted by atomic mass is 9.78. The van der Waals surface area contributed by atoms with Crippen LogP contribution in [-0.4, -0.2) is 47.7 Å². The van der Waals surface area contributed by atoms with E-state index in [9.17, 15) is 14.7 Å². The lowest BCUT2D eigenvalue weighted by Gasteiger charge is -2.30. The third kappa shape index (κ3) is 6.07. The molecule has 42 heavy (non-hydrogen) atoms. The number of carboxylic acids is 1. The van der Waals surface area contributed by atoms with Crippen molar-refractivity contribution < 1.29 is 24.2 Å². The summed E-state index contributed by atoms with van der Waals surface area (Å²) >= 11 is 0. The number of amides is 1. The molecule has 11 heteroatoms. The van der Waals surface area contributed by atoms with E-state index in [1.165, 1.54) is 0 Å². The quantitative estimate of drug-likeness (QED) is 0.266. The molecule has 0 bridgehead atoms. The van der Waals surface area contributed by atoms with Crippen molar-refractivity contribution in [1.82, 2.24) is 15.3 Å². The second-order valence-electron chi connectivity index (χ2n) is 10.3. The van der Waals surface area contributed by atoms with Crippen LogP contribution in [-0.2, 0) is 16.0 Å². The van der Waals surface area contributed by atoms with Crippen molar-refractivity contribution in [2.24, 2.45) is 5.92 Å². The molecule has 2 aliphatic heterocycles. The summed E-state index contributed by atoms with van der Waals surface area (Å²) in [5, 5.41) is 15.8. The van der Waals surface area contributed by atoms with E-state index in [2.05, 4.69) is 32.4 Å². The minimum atomic E-state index is -0.976. The number of aromatic nitrogens is 2. The van der Waals surface area contributed by atoms with Gasteiger partial charge in [-0.1, -0.05) is 17.9 Å². The number of nitrogens with two attached hydrogens (primary N) is 2. The zero-order valence-electron chi connectivity index (χ0n) is 23.4. The highest BCUT2D eigenvalue weighted by molar-refractivity contribution is 5.91. The summed E-state index contributed by atoms with van der Waals surface area (Å²) < 4.78 is 11.2. The Hall–Kier alpha value is -5.24. The molecule has 3 aromatic rings. The van der Waals surface area contributed by atoms with Gasteiger partial charge in [0.1, 0.15) is 5.82 Å². The van der Waals surface area contributed by atoms with E-state index in [4.69, 9.17) is 20.9 Å². The Morgan fingerprint density at radius 3 is 2.71 bits per heavy atom. The molecule has 5 rings (SSSR count). The van der Waals surface area contributed by atoms with Crippen LogP contribution in [0.5, 0.6) is 11.5 Å². The average Bonchev–Trinajstić information content (AvgIpc) is 2.97. The van der Waals surface area contributed by atoms with Gasteiger partial charge in [0.15, 0.2) is 11.5 Å². The summed E-state index contributed by atoms with van der Waals surface area (Å²) in [6.45, 7) is 0.610. The van der Waals surface area contributed by atoms with Crippen LogP contribution >= 0.6 is 0 Å². The van der Waals surface area contributed by atoms with Crippen LogP contribution in [0.2, 0.25) is 0 Å². The number of hydrogen-bond acceptors (Lipinski definition) is 9. The Morgan fingerprint density at radius 2 is 2.00 bits per heavy atom. The van der Waals surface area contributed by atoms with Gasteiger partial charge in [-0.05, 0) is 54.2 Å². The third-order valence-corrected chi connectivity index (χ3v) is 7.54. The van der Waals surface area contributed by atoms with E-state index in [1.54, 1.807) is 26.6 Å². The molecule has 2 aliphatic rings. The molecule has 0 spiro atoms. The highest BCUT2D eigenvalue weighted by atomic mass is 16.5. The molecule has 1 amide bonds. The number of piperidine rings is 1. The molecule has 0 radical (unpaired) electrons. The number of carbonyl (C=O) groups excluding carboxylic acids is 1. The van der Waals surface area contributed by atoms with Gasteiger partial charge in [-0.25, -0.2) is 9.78 Å². The van der Waals surface area contributed by atoms with Crippen molar-refractivity contribution >= 4 is 29.3 Å². The smallest absolute Gasteiger partial charge is 0.333 e. The summed E-state index contributed by atoms with van der Waals surface area (Å²) in [5.41, 5.74) is 16.6. The van der Waals surface area contributed by atoms with Gasteiger partial charge in [0.25, 0.3) is 0 Å². The molecule has 2 aromatic carbocycles. The number of ether oxygens (including phenoxy) is 2. The van der Waals surface area contributed by atoms with Crippen molar-refractivity contribution in [3.63, 3.8) is 0 Å². The molecule has 11 nitrogen and oxygen atoms in total. The third-order valence-electron chi connectivity index (χ3n) is 7.54. The molecule has 216 valence electrons. The van der Waals surface area contributed by atoms with Crippen molar-refractivity contribution in [2.45, 2.75) is 31.6 Å². The Bertz CT molecular complexity index is 1640. The molecule has 0 aliphatic carbocycles. The molecule has 1 fully saturated rings. The molecular weight excluding hydrogens is 536 g/mol. The minimum Gasteiger partial charge on any atom is -0.493 e. The predicted molar refractivity (Wildman–Crippen MR) is 158 cm³/mol. The first-order chi connectivity index (χ1) is 20.2. The topological polar surface area (TPSA) is 175 Å². The van der Waals surface area contributed by atoms with E-state index >= 15 is 0 Å². The fourth-order valence-electron chi connectivity index (χ4n) is 5.48. The van der Waals surface area contributed by atoms with E-state index in [1.807, 2.05) is 30.3 Å². The lowest BCUT2D eigenvalue weighted by molar-refractivity contribution is -0.133. The highest BCUT2D eigenvalue weighted by Crippen LogP contribution is 2.41. The molecule has 7 N–H and O–H groups in total. The molecular formula is C31H32N6O5. The van der Waals surface area contributed by atoms with Gasteiger partial charge < -0.3 is 36.7 Å². The molecule has 3 heterocycles. The summed E-state index contributed by atoms with van der Waals surface area (Å²) in [6, 6.07) is 9.44. The average molecular weight is 569 g/mol. The molecule has 1 aromatic heterocycles. The lowest BCUT2D eigenvalue weighted by Crippen LogP contribution is -2.34. The van der Waals surface area contributed by atoms with Crippen molar-refractivity contribution in [3.05, 3.63) is 76.1 Å². The number of nitrogens with zero attached hydrogens (tertiary/aromatic N) is 2. The number of rotatable bonds is 7. The van der Waals surface area contributed by atoms with Crippen LogP contribution in [0.3, 0.4) is 0 Å². The zero-order chi connectivity index (χ0) is 29.8. The fraction of sp³-hybridized carbons (Fsp3) is 0.290. The van der Waals surface area contributed by atoms with Gasteiger partial charge in [-0.3, -0.25) is 4.79 Å². The van der Waals surface area contributed by atoms with Crippen molar-refractivity contribution in [3.8, 4) is 23.3 Å². The normalized spacial score (nSPS) is 17.5. The zero-order valence-corrected chi connectivity index (χ0v) is 23.4.